The number of nitro groups is 1. The zero-order chi connectivity index (χ0) is 17.9. The fourth-order valence-corrected chi connectivity index (χ4v) is 3.06. The van der Waals surface area contributed by atoms with Crippen LogP contribution >= 0.6 is 0 Å². The second kappa shape index (κ2) is 7.42. The number of nitrogens with zero attached hydrogens (tertiary/aromatic N) is 2. The van der Waals surface area contributed by atoms with E-state index in [0.29, 0.717) is 0 Å². The van der Waals surface area contributed by atoms with Gasteiger partial charge in [-0.15, -0.1) is 0 Å². The Morgan fingerprint density at radius 1 is 1.21 bits per heavy atom. The van der Waals surface area contributed by atoms with E-state index in [-0.39, 0.29) is 29.2 Å². The maximum Gasteiger partial charge on any atom is 0.338 e. The van der Waals surface area contributed by atoms with Crippen molar-refractivity contribution in [2.45, 2.75) is 58.2 Å². The summed E-state index contributed by atoms with van der Waals surface area (Å²) >= 11 is 0. The highest BCUT2D eigenvalue weighted by molar-refractivity contribution is 5.92. The molecule has 130 valence electrons. The number of rotatable bonds is 4. The number of piperidine rings is 1. The number of carbonyl (C=O) groups excluding carboxylic acids is 2. The van der Waals surface area contributed by atoms with Crippen LogP contribution in [0.25, 0.3) is 0 Å². The third-order valence-corrected chi connectivity index (χ3v) is 4.39. The van der Waals surface area contributed by atoms with Crippen molar-refractivity contribution in [3.05, 3.63) is 39.9 Å². The van der Waals surface area contributed by atoms with Gasteiger partial charge >= 0.3 is 5.97 Å². The number of nitro benzene ring substituents is 1. The largest absolute Gasteiger partial charge is 0.449 e. The van der Waals surface area contributed by atoms with Gasteiger partial charge in [-0.05, 0) is 52.2 Å². The van der Waals surface area contributed by atoms with Crippen LogP contribution in [0.15, 0.2) is 24.3 Å². The second-order valence-electron chi connectivity index (χ2n) is 6.23. The lowest BCUT2D eigenvalue weighted by molar-refractivity contribution is -0.384. The Bertz CT molecular complexity index is 618. The molecule has 24 heavy (non-hydrogen) atoms. The Labute approximate surface area is 140 Å². The van der Waals surface area contributed by atoms with E-state index in [1.54, 1.807) is 11.8 Å². The molecule has 0 aromatic heterocycles. The lowest BCUT2D eigenvalue weighted by Crippen LogP contribution is -2.51. The van der Waals surface area contributed by atoms with Crippen molar-refractivity contribution in [2.75, 3.05) is 0 Å². The first-order valence-corrected chi connectivity index (χ1v) is 8.09. The van der Waals surface area contributed by atoms with E-state index in [0.717, 1.165) is 19.3 Å². The Balaban J connectivity index is 2.02. The number of hydrogen-bond donors (Lipinski definition) is 0. The Hall–Kier alpha value is -2.44. The molecule has 0 radical (unpaired) electrons. The van der Waals surface area contributed by atoms with Gasteiger partial charge in [0.15, 0.2) is 6.10 Å². The van der Waals surface area contributed by atoms with Crippen molar-refractivity contribution in [1.29, 1.82) is 0 Å². The van der Waals surface area contributed by atoms with Gasteiger partial charge in [-0.3, -0.25) is 14.9 Å². The highest BCUT2D eigenvalue weighted by atomic mass is 16.6. The molecule has 0 unspecified atom stereocenters. The van der Waals surface area contributed by atoms with Crippen molar-refractivity contribution in [2.24, 2.45) is 0 Å². The zero-order valence-electron chi connectivity index (χ0n) is 14.1. The molecule has 7 heteroatoms. The van der Waals surface area contributed by atoms with E-state index in [4.69, 9.17) is 4.74 Å². The van der Waals surface area contributed by atoms with Gasteiger partial charge in [0.1, 0.15) is 0 Å². The number of amides is 1. The number of hydrogen-bond acceptors (Lipinski definition) is 5. The summed E-state index contributed by atoms with van der Waals surface area (Å²) in [5.41, 5.74) is 0.0756. The molecule has 1 saturated heterocycles. The maximum absolute atomic E-state index is 12.6. The third-order valence-electron chi connectivity index (χ3n) is 4.39. The molecule has 2 rings (SSSR count). The normalized spacial score (nSPS) is 21.9. The zero-order valence-corrected chi connectivity index (χ0v) is 14.1. The van der Waals surface area contributed by atoms with E-state index in [2.05, 4.69) is 0 Å². The molecule has 0 spiro atoms. The first-order chi connectivity index (χ1) is 11.3. The monoisotopic (exact) mass is 334 g/mol. The molecule has 7 nitrogen and oxygen atoms in total. The van der Waals surface area contributed by atoms with Gasteiger partial charge in [0, 0.05) is 24.2 Å². The molecule has 1 heterocycles. The van der Waals surface area contributed by atoms with Crippen LogP contribution in [0.1, 0.15) is 50.4 Å². The summed E-state index contributed by atoms with van der Waals surface area (Å²) in [5.74, 6) is -0.868. The maximum atomic E-state index is 12.6. The van der Waals surface area contributed by atoms with Crippen LogP contribution < -0.4 is 0 Å². The van der Waals surface area contributed by atoms with Crippen LogP contribution in [0, 0.1) is 10.1 Å². The molecule has 0 N–H and O–H groups in total. The van der Waals surface area contributed by atoms with Gasteiger partial charge < -0.3 is 9.64 Å². The fraction of sp³-hybridized carbons (Fsp3) is 0.529. The molecular weight excluding hydrogens is 312 g/mol. The molecule has 1 aliphatic heterocycles. The van der Waals surface area contributed by atoms with E-state index >= 15 is 0 Å². The predicted molar refractivity (Wildman–Crippen MR) is 87.6 cm³/mol. The molecule has 0 bridgehead atoms. The summed E-state index contributed by atoms with van der Waals surface area (Å²) in [4.78, 5) is 36.6. The summed E-state index contributed by atoms with van der Waals surface area (Å²) in [6, 6.07) is 5.37. The summed E-state index contributed by atoms with van der Waals surface area (Å²) in [5, 5.41) is 10.6. The topological polar surface area (TPSA) is 89.8 Å². The van der Waals surface area contributed by atoms with Crippen molar-refractivity contribution >= 4 is 17.6 Å². The molecule has 3 atom stereocenters. The Kier molecular flexibility index (Phi) is 5.54. The smallest absolute Gasteiger partial charge is 0.338 e. The quantitative estimate of drug-likeness (QED) is 0.480. The van der Waals surface area contributed by atoms with Crippen molar-refractivity contribution in [3.63, 3.8) is 0 Å². The first kappa shape index (κ1) is 17.9. The number of non-ortho nitro benzene ring substituents is 1. The van der Waals surface area contributed by atoms with Gasteiger partial charge in [-0.25, -0.2) is 4.79 Å². The Morgan fingerprint density at radius 3 is 2.25 bits per heavy atom. The van der Waals surface area contributed by atoms with E-state index in [9.17, 15) is 19.7 Å². The molecular formula is C17H22N2O5. The lowest BCUT2D eigenvalue weighted by atomic mass is 9.97. The van der Waals surface area contributed by atoms with Crippen LogP contribution in [-0.4, -0.2) is 39.9 Å². The lowest BCUT2D eigenvalue weighted by Gasteiger charge is -2.40. The average molecular weight is 334 g/mol. The molecule has 0 saturated carbocycles. The highest BCUT2D eigenvalue weighted by Crippen LogP contribution is 2.24. The summed E-state index contributed by atoms with van der Waals surface area (Å²) in [6.45, 7) is 5.55. The molecule has 1 aromatic carbocycles. The van der Waals surface area contributed by atoms with Gasteiger partial charge in [0.2, 0.25) is 0 Å². The molecule has 1 aliphatic rings. The van der Waals surface area contributed by atoms with E-state index in [1.807, 2.05) is 13.8 Å². The molecule has 1 fully saturated rings. The van der Waals surface area contributed by atoms with Crippen molar-refractivity contribution < 1.29 is 19.2 Å². The molecule has 1 aromatic rings. The number of esters is 1. The number of likely N-dealkylation sites (tertiary alicyclic amines) is 1. The first-order valence-electron chi connectivity index (χ1n) is 8.09. The van der Waals surface area contributed by atoms with Crippen molar-refractivity contribution in [3.8, 4) is 0 Å². The summed E-state index contributed by atoms with van der Waals surface area (Å²) < 4.78 is 5.25. The van der Waals surface area contributed by atoms with Crippen LogP contribution in [0.3, 0.4) is 0 Å². The summed E-state index contributed by atoms with van der Waals surface area (Å²) in [6.07, 6.45) is 2.08. The summed E-state index contributed by atoms with van der Waals surface area (Å²) in [7, 11) is 0. The van der Waals surface area contributed by atoms with Crippen LogP contribution in [0.5, 0.6) is 0 Å². The minimum absolute atomic E-state index is 0.105. The standard InChI is InChI=1S/C17H22N2O5/c1-11-5-4-6-12(2)18(11)16(20)13(3)24-17(21)14-7-9-15(10-8-14)19(22)23/h7-13H,4-6H2,1-3H3/t11-,12-,13-/m1/s1. The van der Waals surface area contributed by atoms with Crippen LogP contribution in [0.4, 0.5) is 5.69 Å². The minimum Gasteiger partial charge on any atom is -0.449 e. The van der Waals surface area contributed by atoms with Crippen LogP contribution in [-0.2, 0) is 9.53 Å². The average Bonchev–Trinajstić information content (AvgIpc) is 2.54. The van der Waals surface area contributed by atoms with Gasteiger partial charge in [0.05, 0.1) is 10.5 Å². The van der Waals surface area contributed by atoms with Gasteiger partial charge in [-0.2, -0.15) is 0 Å². The van der Waals surface area contributed by atoms with Crippen molar-refractivity contribution in [1.82, 2.24) is 4.90 Å². The third kappa shape index (κ3) is 3.90. The van der Waals surface area contributed by atoms with E-state index in [1.165, 1.54) is 24.3 Å². The van der Waals surface area contributed by atoms with E-state index < -0.39 is 17.0 Å². The molecule has 0 aliphatic carbocycles. The second-order valence-corrected chi connectivity index (χ2v) is 6.23. The Morgan fingerprint density at radius 2 is 1.75 bits per heavy atom. The SMILES string of the molecule is C[C@@H]1CCC[C@@H](C)N1C(=O)[C@@H](C)OC(=O)c1ccc([N+](=O)[O-])cc1. The number of carbonyl (C=O) groups is 2. The van der Waals surface area contributed by atoms with Gasteiger partial charge in [-0.1, -0.05) is 0 Å². The van der Waals surface area contributed by atoms with Crippen LogP contribution in [0.2, 0.25) is 0 Å². The highest BCUT2D eigenvalue weighted by Gasteiger charge is 2.33. The number of benzene rings is 1. The fourth-order valence-electron chi connectivity index (χ4n) is 3.06. The number of ether oxygens (including phenoxy) is 1. The predicted octanol–water partition coefficient (Wildman–Crippen LogP) is 2.93. The minimum atomic E-state index is -0.893. The van der Waals surface area contributed by atoms with Gasteiger partial charge in [0.25, 0.3) is 11.6 Å². The molecule has 1 amide bonds.